The molecule has 2 aliphatic rings. The lowest BCUT2D eigenvalue weighted by Gasteiger charge is -2.25. The molecule has 27 heavy (non-hydrogen) atoms. The number of likely N-dealkylation sites (tertiary alicyclic amines) is 1. The Balaban J connectivity index is 0.00000261. The predicted octanol–water partition coefficient (Wildman–Crippen LogP) is 2.09. The van der Waals surface area contributed by atoms with Gasteiger partial charge in [0, 0.05) is 12.6 Å². The molecule has 0 aliphatic carbocycles. The quantitative estimate of drug-likeness (QED) is 0.346. The van der Waals surface area contributed by atoms with Gasteiger partial charge in [0.15, 0.2) is 15.8 Å². The van der Waals surface area contributed by atoms with Crippen LogP contribution in [-0.4, -0.2) is 63.0 Å². The lowest BCUT2D eigenvalue weighted by Crippen LogP contribution is -2.44. The molecule has 0 amide bonds. The third kappa shape index (κ3) is 6.35. The highest BCUT2D eigenvalue weighted by Crippen LogP contribution is 2.27. The van der Waals surface area contributed by atoms with E-state index in [4.69, 9.17) is 9.41 Å². The van der Waals surface area contributed by atoms with Crippen molar-refractivity contribution in [2.45, 2.75) is 45.2 Å². The molecule has 0 spiro atoms. The first-order chi connectivity index (χ1) is 12.5. The van der Waals surface area contributed by atoms with Crippen LogP contribution < -0.4 is 10.6 Å². The van der Waals surface area contributed by atoms with Crippen LogP contribution in [0.4, 0.5) is 0 Å². The first-order valence-electron chi connectivity index (χ1n) is 9.52. The van der Waals surface area contributed by atoms with E-state index in [1.165, 1.54) is 12.8 Å². The van der Waals surface area contributed by atoms with Crippen LogP contribution in [0.2, 0.25) is 0 Å². The second-order valence-electron chi connectivity index (χ2n) is 7.17. The third-order valence-electron chi connectivity index (χ3n) is 5.01. The van der Waals surface area contributed by atoms with Gasteiger partial charge >= 0.3 is 0 Å². The molecule has 2 N–H and O–H groups in total. The average Bonchev–Trinajstić information content (AvgIpc) is 3.31. The number of hydrogen-bond acceptors (Lipinski definition) is 5. The van der Waals surface area contributed by atoms with Crippen LogP contribution >= 0.6 is 24.0 Å². The molecule has 3 rings (SSSR count). The van der Waals surface area contributed by atoms with Crippen molar-refractivity contribution in [3.8, 4) is 0 Å². The van der Waals surface area contributed by atoms with Gasteiger partial charge in [0.05, 0.1) is 24.1 Å². The van der Waals surface area contributed by atoms with Gasteiger partial charge in [-0.05, 0) is 58.3 Å². The minimum absolute atomic E-state index is 0. The van der Waals surface area contributed by atoms with Gasteiger partial charge < -0.3 is 15.1 Å². The van der Waals surface area contributed by atoms with Crippen molar-refractivity contribution in [2.75, 3.05) is 37.7 Å². The van der Waals surface area contributed by atoms with Crippen LogP contribution in [0.25, 0.3) is 0 Å². The molecule has 0 radical (unpaired) electrons. The summed E-state index contributed by atoms with van der Waals surface area (Å²) < 4.78 is 29.3. The van der Waals surface area contributed by atoms with Gasteiger partial charge in [-0.3, -0.25) is 9.89 Å². The van der Waals surface area contributed by atoms with Crippen LogP contribution in [0.5, 0.6) is 0 Å². The van der Waals surface area contributed by atoms with Gasteiger partial charge in [-0.1, -0.05) is 0 Å². The monoisotopic (exact) mass is 510 g/mol. The van der Waals surface area contributed by atoms with Crippen molar-refractivity contribution in [1.82, 2.24) is 15.5 Å². The summed E-state index contributed by atoms with van der Waals surface area (Å²) in [6.07, 6.45) is 3.05. The molecular weight excluding hydrogens is 479 g/mol. The normalized spacial score (nSPS) is 23.8. The number of nitrogens with zero attached hydrogens (tertiary/aromatic N) is 2. The van der Waals surface area contributed by atoms with E-state index < -0.39 is 9.84 Å². The molecule has 154 valence electrons. The van der Waals surface area contributed by atoms with Gasteiger partial charge in [0.25, 0.3) is 0 Å². The molecule has 2 saturated heterocycles. The zero-order valence-electron chi connectivity index (χ0n) is 16.1. The number of halogens is 1. The summed E-state index contributed by atoms with van der Waals surface area (Å²) >= 11 is 0. The van der Waals surface area contributed by atoms with E-state index in [-0.39, 0.29) is 47.6 Å². The number of guanidine groups is 1. The predicted molar refractivity (Wildman–Crippen MR) is 119 cm³/mol. The van der Waals surface area contributed by atoms with Crippen LogP contribution in [-0.2, 0) is 9.84 Å². The van der Waals surface area contributed by atoms with Crippen molar-refractivity contribution in [3.05, 3.63) is 23.7 Å². The maximum absolute atomic E-state index is 11.7. The second kappa shape index (κ2) is 10.1. The largest absolute Gasteiger partial charge is 0.465 e. The smallest absolute Gasteiger partial charge is 0.191 e. The molecule has 7 nitrogen and oxygen atoms in total. The number of nitrogens with one attached hydrogen (secondary N) is 2. The summed E-state index contributed by atoms with van der Waals surface area (Å²) in [6, 6.07) is 4.09. The van der Waals surface area contributed by atoms with Gasteiger partial charge in [0.2, 0.25) is 0 Å². The summed E-state index contributed by atoms with van der Waals surface area (Å²) in [5.41, 5.74) is 0. The summed E-state index contributed by atoms with van der Waals surface area (Å²) in [6.45, 7) is 7.41. The Kier molecular flexibility index (Phi) is 8.41. The van der Waals surface area contributed by atoms with E-state index >= 15 is 0 Å². The zero-order valence-corrected chi connectivity index (χ0v) is 19.3. The van der Waals surface area contributed by atoms with Gasteiger partial charge in [-0.25, -0.2) is 8.42 Å². The fraction of sp³-hybridized carbons (Fsp3) is 0.722. The van der Waals surface area contributed by atoms with Crippen molar-refractivity contribution in [1.29, 1.82) is 0 Å². The topological polar surface area (TPSA) is 86.9 Å². The SMILES string of the molecule is CCNC(=NCC(c1ccc(C)o1)N1CCCC1)NC1CCS(=O)(=O)C1.I. The molecule has 1 aromatic rings. The Morgan fingerprint density at radius 2 is 2.11 bits per heavy atom. The molecule has 2 fully saturated rings. The number of aliphatic imine (C=N–C) groups is 1. The number of furan rings is 1. The van der Waals surface area contributed by atoms with Crippen molar-refractivity contribution >= 4 is 39.8 Å². The van der Waals surface area contributed by atoms with Gasteiger partial charge in [-0.15, -0.1) is 24.0 Å². The Morgan fingerprint density at radius 3 is 2.67 bits per heavy atom. The van der Waals surface area contributed by atoms with Crippen LogP contribution in [0.15, 0.2) is 21.5 Å². The molecule has 0 aromatic carbocycles. The summed E-state index contributed by atoms with van der Waals surface area (Å²) in [4.78, 5) is 7.18. The molecule has 9 heteroatoms. The minimum Gasteiger partial charge on any atom is -0.465 e. The second-order valence-corrected chi connectivity index (χ2v) is 9.40. The Hall–Kier alpha value is -0.810. The highest BCUT2D eigenvalue weighted by molar-refractivity contribution is 14.0. The molecule has 2 unspecified atom stereocenters. The number of hydrogen-bond donors (Lipinski definition) is 2. The Labute approximate surface area is 179 Å². The van der Waals surface area contributed by atoms with Gasteiger partial charge in [-0.2, -0.15) is 0 Å². The molecule has 2 aliphatic heterocycles. The van der Waals surface area contributed by atoms with Gasteiger partial charge in [0.1, 0.15) is 11.5 Å². The maximum Gasteiger partial charge on any atom is 0.191 e. The summed E-state index contributed by atoms with van der Waals surface area (Å²) in [5, 5.41) is 6.52. The standard InChI is InChI=1S/C18H30N4O3S.HI/c1-3-19-18(21-15-8-11-26(23,24)13-15)20-12-16(22-9-4-5-10-22)17-7-6-14(2)25-17;/h6-7,15-16H,3-5,8-13H2,1-2H3,(H2,19,20,21);1H. The fourth-order valence-corrected chi connectivity index (χ4v) is 5.34. The van der Waals surface area contributed by atoms with Crippen LogP contribution in [0, 0.1) is 6.92 Å². The van der Waals surface area contributed by atoms with Crippen molar-refractivity contribution < 1.29 is 12.8 Å². The summed E-state index contributed by atoms with van der Waals surface area (Å²) in [7, 11) is -2.91. The van der Waals surface area contributed by atoms with E-state index in [0.29, 0.717) is 18.9 Å². The maximum atomic E-state index is 11.7. The zero-order chi connectivity index (χ0) is 18.6. The molecular formula is C18H31IN4O3S. The van der Waals surface area contributed by atoms with E-state index in [1.54, 1.807) is 0 Å². The first kappa shape index (κ1) is 22.5. The van der Waals surface area contributed by atoms with Crippen molar-refractivity contribution in [3.63, 3.8) is 0 Å². The highest BCUT2D eigenvalue weighted by atomic mass is 127. The highest BCUT2D eigenvalue weighted by Gasteiger charge is 2.29. The van der Waals surface area contributed by atoms with Crippen molar-refractivity contribution in [2.24, 2.45) is 4.99 Å². The number of aryl methyl sites for hydroxylation is 1. The van der Waals surface area contributed by atoms with Crippen LogP contribution in [0.3, 0.4) is 0 Å². The van der Waals surface area contributed by atoms with Crippen LogP contribution in [0.1, 0.15) is 43.7 Å². The third-order valence-corrected chi connectivity index (χ3v) is 6.78. The fourth-order valence-electron chi connectivity index (χ4n) is 3.67. The molecule has 0 bridgehead atoms. The molecule has 2 atom stereocenters. The lowest BCUT2D eigenvalue weighted by atomic mass is 10.2. The lowest BCUT2D eigenvalue weighted by molar-refractivity contribution is 0.219. The van der Waals surface area contributed by atoms with E-state index in [2.05, 4.69) is 15.5 Å². The average molecular weight is 510 g/mol. The van der Waals surface area contributed by atoms with E-state index in [1.807, 2.05) is 26.0 Å². The summed E-state index contributed by atoms with van der Waals surface area (Å²) in [5.74, 6) is 2.99. The number of rotatable bonds is 6. The molecule has 0 saturated carbocycles. The van der Waals surface area contributed by atoms with E-state index in [0.717, 1.165) is 31.2 Å². The minimum atomic E-state index is -2.91. The van der Waals surface area contributed by atoms with E-state index in [9.17, 15) is 8.42 Å². The molecule has 3 heterocycles. The first-order valence-corrected chi connectivity index (χ1v) is 11.3. The Morgan fingerprint density at radius 1 is 1.37 bits per heavy atom. The number of sulfone groups is 1. The Bertz CT molecular complexity index is 729. The molecule has 1 aromatic heterocycles.